The van der Waals surface area contributed by atoms with Gasteiger partial charge in [0.2, 0.25) is 5.76 Å². The lowest BCUT2D eigenvalue weighted by Gasteiger charge is -1.80. The van der Waals surface area contributed by atoms with E-state index in [0.29, 0.717) is 5.76 Å². The molecule has 0 saturated carbocycles. The van der Waals surface area contributed by atoms with E-state index in [0.717, 1.165) is 6.08 Å². The molecule has 0 amide bonds. The van der Waals surface area contributed by atoms with Gasteiger partial charge in [-0.05, 0) is 18.2 Å². The van der Waals surface area contributed by atoms with Crippen molar-refractivity contribution in [2.45, 2.75) is 0 Å². The molecule has 0 unspecified atom stereocenters. The number of aliphatic carboxylic acids is 1. The van der Waals surface area contributed by atoms with Crippen LogP contribution in [0.5, 0.6) is 0 Å². The van der Waals surface area contributed by atoms with Gasteiger partial charge < -0.3 is 9.52 Å². The summed E-state index contributed by atoms with van der Waals surface area (Å²) in [6.07, 6.45) is 2.23. The number of carboxylic acids is 1. The number of carboxylic acid groups (broad SMARTS) is 1. The molecule has 0 saturated heterocycles. The zero-order valence-electron chi connectivity index (χ0n) is 6.02. The molecule has 1 N–H and O–H groups in total. The summed E-state index contributed by atoms with van der Waals surface area (Å²) in [4.78, 5) is 10.1. The fourth-order valence-corrected chi connectivity index (χ4v) is 0.656. The Morgan fingerprint density at radius 1 is 1.67 bits per heavy atom. The zero-order valence-corrected chi connectivity index (χ0v) is 6.02. The minimum absolute atomic E-state index is 0.167. The van der Waals surface area contributed by atoms with Crippen LogP contribution in [0, 0.1) is 11.3 Å². The molecule has 1 rings (SSSR count). The third-order valence-electron chi connectivity index (χ3n) is 1.13. The maximum Gasteiger partial charge on any atom is 0.328 e. The molecule has 0 radical (unpaired) electrons. The molecule has 0 aromatic carbocycles. The SMILES string of the molecule is N#Cc1ccc(/C=C/C(=O)O)o1. The van der Waals surface area contributed by atoms with Gasteiger partial charge in [0.05, 0.1) is 0 Å². The van der Waals surface area contributed by atoms with Crippen molar-refractivity contribution in [3.05, 3.63) is 29.7 Å². The molecule has 4 nitrogen and oxygen atoms in total. The standard InChI is InChI=1S/C8H5NO3/c9-5-7-2-1-6(12-7)3-4-8(10)11/h1-4H,(H,10,11)/b4-3+. The Kier molecular flexibility index (Phi) is 2.29. The lowest BCUT2D eigenvalue weighted by molar-refractivity contribution is -0.131. The molecule has 1 aromatic heterocycles. The van der Waals surface area contributed by atoms with Gasteiger partial charge in [0.1, 0.15) is 11.8 Å². The van der Waals surface area contributed by atoms with E-state index < -0.39 is 5.97 Å². The maximum atomic E-state index is 10.1. The highest BCUT2D eigenvalue weighted by molar-refractivity contribution is 5.84. The van der Waals surface area contributed by atoms with Crippen LogP contribution in [0.2, 0.25) is 0 Å². The summed E-state index contributed by atoms with van der Waals surface area (Å²) in [5.74, 6) is -0.529. The molecule has 1 aromatic rings. The second-order valence-corrected chi connectivity index (χ2v) is 1.99. The molecule has 0 aliphatic carbocycles. The molecule has 60 valence electrons. The van der Waals surface area contributed by atoms with Gasteiger partial charge in [0, 0.05) is 6.08 Å². The van der Waals surface area contributed by atoms with Crippen molar-refractivity contribution in [1.82, 2.24) is 0 Å². The van der Waals surface area contributed by atoms with Crippen molar-refractivity contribution < 1.29 is 14.3 Å². The van der Waals surface area contributed by atoms with Gasteiger partial charge in [0.25, 0.3) is 0 Å². The maximum absolute atomic E-state index is 10.1. The van der Waals surface area contributed by atoms with Crippen molar-refractivity contribution in [3.8, 4) is 6.07 Å². The fourth-order valence-electron chi connectivity index (χ4n) is 0.656. The van der Waals surface area contributed by atoms with Crippen LogP contribution in [0.4, 0.5) is 0 Å². The fraction of sp³-hybridized carbons (Fsp3) is 0. The first-order valence-corrected chi connectivity index (χ1v) is 3.13. The Balaban J connectivity index is 2.78. The van der Waals surface area contributed by atoms with Crippen LogP contribution in [0.1, 0.15) is 11.5 Å². The van der Waals surface area contributed by atoms with E-state index in [1.807, 2.05) is 0 Å². The molecule has 0 atom stereocenters. The van der Waals surface area contributed by atoms with Crippen molar-refractivity contribution in [3.63, 3.8) is 0 Å². The lowest BCUT2D eigenvalue weighted by atomic mass is 10.4. The summed E-state index contributed by atoms with van der Waals surface area (Å²) in [6.45, 7) is 0. The number of rotatable bonds is 2. The van der Waals surface area contributed by atoms with Gasteiger partial charge in [0.15, 0.2) is 0 Å². The van der Waals surface area contributed by atoms with Crippen LogP contribution in [0.25, 0.3) is 6.08 Å². The molecule has 1 heterocycles. The molecule has 0 aliphatic heterocycles. The van der Waals surface area contributed by atoms with E-state index in [1.54, 1.807) is 6.07 Å². The summed E-state index contributed by atoms with van der Waals surface area (Å²) < 4.78 is 4.87. The van der Waals surface area contributed by atoms with Crippen molar-refractivity contribution in [2.75, 3.05) is 0 Å². The Hall–Kier alpha value is -2.02. The Bertz CT molecular complexity index is 357. The quantitative estimate of drug-likeness (QED) is 0.665. The number of carbonyl (C=O) groups is 1. The molecular weight excluding hydrogens is 158 g/mol. The van der Waals surface area contributed by atoms with Crippen LogP contribution < -0.4 is 0 Å². The Morgan fingerprint density at radius 2 is 2.42 bits per heavy atom. The first kappa shape index (κ1) is 8.08. The summed E-state index contributed by atoms with van der Waals surface area (Å²) in [6, 6.07) is 4.79. The first-order valence-electron chi connectivity index (χ1n) is 3.13. The third kappa shape index (κ3) is 1.99. The second kappa shape index (κ2) is 3.39. The normalized spacial score (nSPS) is 9.92. The Morgan fingerprint density at radius 3 is 2.92 bits per heavy atom. The van der Waals surface area contributed by atoms with E-state index in [-0.39, 0.29) is 5.76 Å². The van der Waals surface area contributed by atoms with Crippen LogP contribution in [0.3, 0.4) is 0 Å². The third-order valence-corrected chi connectivity index (χ3v) is 1.13. The monoisotopic (exact) mass is 163 g/mol. The molecular formula is C8H5NO3. The number of nitrogens with zero attached hydrogens (tertiary/aromatic N) is 1. The van der Waals surface area contributed by atoms with Crippen LogP contribution >= 0.6 is 0 Å². The second-order valence-electron chi connectivity index (χ2n) is 1.99. The van der Waals surface area contributed by atoms with E-state index in [4.69, 9.17) is 14.8 Å². The van der Waals surface area contributed by atoms with E-state index in [2.05, 4.69) is 0 Å². The average Bonchev–Trinajstić information content (AvgIpc) is 2.48. The number of hydrogen-bond donors (Lipinski definition) is 1. The lowest BCUT2D eigenvalue weighted by Crippen LogP contribution is -1.84. The minimum atomic E-state index is -1.05. The van der Waals surface area contributed by atoms with Crippen molar-refractivity contribution in [2.24, 2.45) is 0 Å². The Labute approximate surface area is 68.3 Å². The topological polar surface area (TPSA) is 74.2 Å². The summed E-state index contributed by atoms with van der Waals surface area (Å²) in [7, 11) is 0. The number of nitriles is 1. The van der Waals surface area contributed by atoms with Crippen LogP contribution in [-0.4, -0.2) is 11.1 Å². The van der Waals surface area contributed by atoms with Gasteiger partial charge in [-0.2, -0.15) is 5.26 Å². The number of furan rings is 1. The number of hydrogen-bond acceptors (Lipinski definition) is 3. The molecule has 0 spiro atoms. The molecule has 12 heavy (non-hydrogen) atoms. The predicted octanol–water partition coefficient (Wildman–Crippen LogP) is 1.25. The largest absolute Gasteiger partial charge is 0.478 e. The van der Waals surface area contributed by atoms with E-state index in [1.165, 1.54) is 18.2 Å². The van der Waals surface area contributed by atoms with Gasteiger partial charge in [-0.25, -0.2) is 4.79 Å². The van der Waals surface area contributed by atoms with E-state index in [9.17, 15) is 4.79 Å². The smallest absolute Gasteiger partial charge is 0.328 e. The summed E-state index contributed by atoms with van der Waals surface area (Å²) in [5, 5.41) is 16.6. The van der Waals surface area contributed by atoms with Gasteiger partial charge in [-0.3, -0.25) is 0 Å². The first-order chi connectivity index (χ1) is 5.72. The summed E-state index contributed by atoms with van der Waals surface area (Å²) >= 11 is 0. The zero-order chi connectivity index (χ0) is 8.97. The highest BCUT2D eigenvalue weighted by atomic mass is 16.4. The molecule has 0 fully saturated rings. The highest BCUT2D eigenvalue weighted by Crippen LogP contribution is 2.07. The van der Waals surface area contributed by atoms with Crippen molar-refractivity contribution >= 4 is 12.0 Å². The minimum Gasteiger partial charge on any atom is -0.478 e. The molecule has 4 heteroatoms. The van der Waals surface area contributed by atoms with Gasteiger partial charge in [-0.15, -0.1) is 0 Å². The van der Waals surface area contributed by atoms with Gasteiger partial charge in [-0.1, -0.05) is 0 Å². The van der Waals surface area contributed by atoms with E-state index >= 15 is 0 Å². The predicted molar refractivity (Wildman–Crippen MR) is 40.1 cm³/mol. The summed E-state index contributed by atoms with van der Waals surface area (Å²) in [5.41, 5.74) is 0. The van der Waals surface area contributed by atoms with Crippen LogP contribution in [0.15, 0.2) is 22.6 Å². The molecule has 0 aliphatic rings. The van der Waals surface area contributed by atoms with Gasteiger partial charge >= 0.3 is 5.97 Å². The van der Waals surface area contributed by atoms with Crippen molar-refractivity contribution in [1.29, 1.82) is 5.26 Å². The highest BCUT2D eigenvalue weighted by Gasteiger charge is 1.96. The average molecular weight is 163 g/mol. The van der Waals surface area contributed by atoms with Crippen LogP contribution in [-0.2, 0) is 4.79 Å². The molecule has 0 bridgehead atoms.